The molecule has 19 heavy (non-hydrogen) atoms. The summed E-state index contributed by atoms with van der Waals surface area (Å²) in [5, 5.41) is 8.77. The molecule has 7 nitrogen and oxygen atoms in total. The van der Waals surface area contributed by atoms with Gasteiger partial charge in [0.2, 0.25) is 5.91 Å². The molecule has 0 radical (unpaired) electrons. The zero-order valence-electron chi connectivity index (χ0n) is 11.3. The zero-order valence-corrected chi connectivity index (χ0v) is 11.3. The maximum absolute atomic E-state index is 12.2. The first-order valence-corrected chi connectivity index (χ1v) is 6.35. The van der Waals surface area contributed by atoms with Crippen LogP contribution in [-0.4, -0.2) is 59.0 Å². The molecule has 2 atom stereocenters. The van der Waals surface area contributed by atoms with Crippen molar-refractivity contribution in [2.24, 2.45) is 17.6 Å². The van der Waals surface area contributed by atoms with Crippen LogP contribution in [0.4, 0.5) is 4.79 Å². The number of primary amides is 1. The molecule has 1 fully saturated rings. The number of nitrogens with zero attached hydrogens (tertiary/aromatic N) is 2. The lowest BCUT2D eigenvalue weighted by Crippen LogP contribution is -2.52. The molecule has 108 valence electrons. The largest absolute Gasteiger partial charge is 0.480 e. The van der Waals surface area contributed by atoms with Crippen molar-refractivity contribution in [3.05, 3.63) is 0 Å². The maximum Gasteiger partial charge on any atom is 0.323 e. The van der Waals surface area contributed by atoms with Gasteiger partial charge < -0.3 is 20.6 Å². The third-order valence-corrected chi connectivity index (χ3v) is 3.55. The summed E-state index contributed by atoms with van der Waals surface area (Å²) in [6, 6.07) is -0.431. The monoisotopic (exact) mass is 271 g/mol. The molecule has 3 N–H and O–H groups in total. The first-order chi connectivity index (χ1) is 8.81. The van der Waals surface area contributed by atoms with Crippen LogP contribution >= 0.6 is 0 Å². The standard InChI is InChI=1S/C12H21N3O4/c1-8-3-4-14(5-9(8)2)12(19)15(6-10(13)16)7-11(17)18/h8-9H,3-7H2,1-2H3,(H2,13,16)(H,17,18). The Kier molecular flexibility index (Phi) is 5.14. The average Bonchev–Trinajstić information content (AvgIpc) is 2.29. The summed E-state index contributed by atoms with van der Waals surface area (Å²) in [6.07, 6.45) is 0.879. The first-order valence-electron chi connectivity index (χ1n) is 6.35. The maximum atomic E-state index is 12.2. The van der Waals surface area contributed by atoms with E-state index in [4.69, 9.17) is 10.8 Å². The van der Waals surface area contributed by atoms with Crippen molar-refractivity contribution in [3.8, 4) is 0 Å². The normalized spacial score (nSPS) is 22.9. The summed E-state index contributed by atoms with van der Waals surface area (Å²) >= 11 is 0. The molecule has 0 aromatic rings. The Balaban J connectivity index is 2.70. The molecule has 1 aliphatic rings. The fourth-order valence-corrected chi connectivity index (χ4v) is 2.18. The van der Waals surface area contributed by atoms with Crippen molar-refractivity contribution >= 4 is 17.9 Å². The van der Waals surface area contributed by atoms with Gasteiger partial charge in [0.1, 0.15) is 13.1 Å². The molecule has 1 saturated heterocycles. The zero-order chi connectivity index (χ0) is 14.6. The van der Waals surface area contributed by atoms with Crippen LogP contribution < -0.4 is 5.73 Å². The molecule has 0 bridgehead atoms. The van der Waals surface area contributed by atoms with E-state index in [1.807, 2.05) is 0 Å². The highest BCUT2D eigenvalue weighted by molar-refractivity contribution is 5.86. The number of carbonyl (C=O) groups excluding carboxylic acids is 2. The Bertz CT molecular complexity index is 356. The van der Waals surface area contributed by atoms with Gasteiger partial charge in [0.15, 0.2) is 0 Å². The molecule has 2 unspecified atom stereocenters. The lowest BCUT2D eigenvalue weighted by molar-refractivity contribution is -0.138. The molecule has 1 rings (SSSR count). The van der Waals surface area contributed by atoms with Gasteiger partial charge in [-0.1, -0.05) is 13.8 Å². The van der Waals surface area contributed by atoms with Crippen molar-refractivity contribution in [1.82, 2.24) is 9.80 Å². The van der Waals surface area contributed by atoms with Gasteiger partial charge >= 0.3 is 12.0 Å². The van der Waals surface area contributed by atoms with E-state index in [1.165, 1.54) is 0 Å². The number of carboxylic acid groups (broad SMARTS) is 1. The lowest BCUT2D eigenvalue weighted by atomic mass is 9.89. The van der Waals surface area contributed by atoms with Gasteiger partial charge in [-0.2, -0.15) is 0 Å². The predicted octanol–water partition coefficient (Wildman–Crippen LogP) is -0.0438. The lowest BCUT2D eigenvalue weighted by Gasteiger charge is -2.37. The van der Waals surface area contributed by atoms with Crippen LogP contribution in [0.1, 0.15) is 20.3 Å². The topological polar surface area (TPSA) is 104 Å². The molecular weight excluding hydrogens is 250 g/mol. The SMILES string of the molecule is CC1CCN(C(=O)N(CC(N)=O)CC(=O)O)CC1C. The quantitative estimate of drug-likeness (QED) is 0.748. The van der Waals surface area contributed by atoms with E-state index in [0.29, 0.717) is 24.9 Å². The minimum Gasteiger partial charge on any atom is -0.480 e. The number of rotatable bonds is 4. The number of aliphatic carboxylic acids is 1. The number of hydrogen-bond acceptors (Lipinski definition) is 3. The second kappa shape index (κ2) is 6.40. The Labute approximate surface area is 112 Å². The van der Waals surface area contributed by atoms with Crippen LogP contribution in [-0.2, 0) is 9.59 Å². The van der Waals surface area contributed by atoms with Crippen molar-refractivity contribution in [2.75, 3.05) is 26.2 Å². The number of carbonyl (C=O) groups is 3. The molecule has 0 spiro atoms. The van der Waals surface area contributed by atoms with Crippen LogP contribution in [0.25, 0.3) is 0 Å². The highest BCUT2D eigenvalue weighted by Crippen LogP contribution is 2.23. The minimum absolute atomic E-state index is 0.359. The molecule has 1 heterocycles. The van der Waals surface area contributed by atoms with Gasteiger partial charge in [0, 0.05) is 13.1 Å². The molecule has 0 saturated carbocycles. The third-order valence-electron chi connectivity index (χ3n) is 3.55. The summed E-state index contributed by atoms with van der Waals surface area (Å²) in [5.41, 5.74) is 5.04. The molecule has 7 heteroatoms. The summed E-state index contributed by atoms with van der Waals surface area (Å²) < 4.78 is 0. The first kappa shape index (κ1) is 15.3. The molecule has 0 aromatic carbocycles. The number of urea groups is 1. The highest BCUT2D eigenvalue weighted by atomic mass is 16.4. The number of nitrogens with two attached hydrogens (primary N) is 1. The number of likely N-dealkylation sites (tertiary alicyclic amines) is 1. The second-order valence-electron chi connectivity index (χ2n) is 5.19. The van der Waals surface area contributed by atoms with Crippen LogP contribution in [0.15, 0.2) is 0 Å². The predicted molar refractivity (Wildman–Crippen MR) is 68.3 cm³/mol. The highest BCUT2D eigenvalue weighted by Gasteiger charge is 2.30. The van der Waals surface area contributed by atoms with E-state index in [9.17, 15) is 14.4 Å². The Morgan fingerprint density at radius 3 is 2.37 bits per heavy atom. The van der Waals surface area contributed by atoms with E-state index in [2.05, 4.69) is 13.8 Å². The third kappa shape index (κ3) is 4.42. The van der Waals surface area contributed by atoms with E-state index in [0.717, 1.165) is 11.3 Å². The summed E-state index contributed by atoms with van der Waals surface area (Å²) in [5.74, 6) is -0.980. The van der Waals surface area contributed by atoms with E-state index < -0.39 is 24.5 Å². The molecule has 0 aliphatic carbocycles. The minimum atomic E-state index is -1.16. The summed E-state index contributed by atoms with van der Waals surface area (Å²) in [4.78, 5) is 36.4. The van der Waals surface area contributed by atoms with Crippen molar-refractivity contribution in [3.63, 3.8) is 0 Å². The van der Waals surface area contributed by atoms with Gasteiger partial charge in [0.25, 0.3) is 0 Å². The second-order valence-corrected chi connectivity index (χ2v) is 5.19. The number of piperidine rings is 1. The van der Waals surface area contributed by atoms with Crippen LogP contribution in [0.3, 0.4) is 0 Å². The molecule has 0 aromatic heterocycles. The fourth-order valence-electron chi connectivity index (χ4n) is 2.18. The molecule has 3 amide bonds. The Morgan fingerprint density at radius 2 is 1.89 bits per heavy atom. The van der Waals surface area contributed by atoms with Crippen LogP contribution in [0.5, 0.6) is 0 Å². The van der Waals surface area contributed by atoms with Crippen molar-refractivity contribution in [1.29, 1.82) is 0 Å². The number of amides is 3. The van der Waals surface area contributed by atoms with Crippen LogP contribution in [0.2, 0.25) is 0 Å². The van der Waals surface area contributed by atoms with E-state index in [-0.39, 0.29) is 6.54 Å². The van der Waals surface area contributed by atoms with E-state index >= 15 is 0 Å². The average molecular weight is 271 g/mol. The summed E-state index contributed by atoms with van der Waals surface area (Å²) in [6.45, 7) is 4.46. The fraction of sp³-hybridized carbons (Fsp3) is 0.750. The van der Waals surface area contributed by atoms with Gasteiger partial charge in [-0.3, -0.25) is 9.59 Å². The number of hydrogen-bond donors (Lipinski definition) is 2. The molecular formula is C12H21N3O4. The number of carboxylic acids is 1. The van der Waals surface area contributed by atoms with Gasteiger partial charge in [-0.05, 0) is 18.3 Å². The van der Waals surface area contributed by atoms with Gasteiger partial charge in [0.05, 0.1) is 0 Å². The van der Waals surface area contributed by atoms with Crippen molar-refractivity contribution in [2.45, 2.75) is 20.3 Å². The smallest absolute Gasteiger partial charge is 0.323 e. The Morgan fingerprint density at radius 1 is 1.26 bits per heavy atom. The van der Waals surface area contributed by atoms with Crippen molar-refractivity contribution < 1.29 is 19.5 Å². The summed E-state index contributed by atoms with van der Waals surface area (Å²) in [7, 11) is 0. The Hall–Kier alpha value is -1.79. The molecule has 1 aliphatic heterocycles. The van der Waals surface area contributed by atoms with Crippen LogP contribution in [0, 0.1) is 11.8 Å². The van der Waals surface area contributed by atoms with Gasteiger partial charge in [-0.25, -0.2) is 4.79 Å². The van der Waals surface area contributed by atoms with E-state index in [1.54, 1.807) is 4.90 Å². The van der Waals surface area contributed by atoms with Gasteiger partial charge in [-0.15, -0.1) is 0 Å².